The highest BCUT2D eigenvalue weighted by Gasteiger charge is 2.29. The first-order valence-corrected chi connectivity index (χ1v) is 7.33. The fraction of sp³-hybridized carbons (Fsp3) is 0.364. The maximum atomic E-state index is 13.3. The Balaban J connectivity index is 2.57. The Labute approximate surface area is 115 Å². The van der Waals surface area contributed by atoms with Crippen LogP contribution in [0.15, 0.2) is 22.0 Å². The summed E-state index contributed by atoms with van der Waals surface area (Å²) in [6, 6.07) is 2.10. The van der Waals surface area contributed by atoms with Crippen molar-refractivity contribution in [2.24, 2.45) is 4.99 Å². The highest BCUT2D eigenvalue weighted by molar-refractivity contribution is 7.90. The van der Waals surface area contributed by atoms with Crippen molar-refractivity contribution in [1.82, 2.24) is 4.72 Å². The SMILES string of the molecule is CC(C)(C)N=C1Nc2cc(Cl)c(F)cc2S(=O)(=O)N1. The number of hydrogen-bond acceptors (Lipinski definition) is 3. The summed E-state index contributed by atoms with van der Waals surface area (Å²) >= 11 is 5.65. The molecule has 0 aliphatic carbocycles. The lowest BCUT2D eigenvalue weighted by molar-refractivity contribution is 0.574. The molecule has 2 rings (SSSR count). The van der Waals surface area contributed by atoms with Gasteiger partial charge in [-0.25, -0.2) is 22.5 Å². The van der Waals surface area contributed by atoms with Crippen molar-refractivity contribution in [2.45, 2.75) is 31.2 Å². The van der Waals surface area contributed by atoms with E-state index in [0.29, 0.717) is 0 Å². The minimum absolute atomic E-state index is 0.0858. The van der Waals surface area contributed by atoms with Crippen LogP contribution in [0.4, 0.5) is 10.1 Å². The minimum Gasteiger partial charge on any atom is -0.324 e. The van der Waals surface area contributed by atoms with Crippen LogP contribution < -0.4 is 10.0 Å². The number of nitrogens with zero attached hydrogens (tertiary/aromatic N) is 1. The molecule has 0 saturated heterocycles. The van der Waals surface area contributed by atoms with E-state index in [-0.39, 0.29) is 21.6 Å². The largest absolute Gasteiger partial charge is 0.324 e. The predicted molar refractivity (Wildman–Crippen MR) is 72.5 cm³/mol. The van der Waals surface area contributed by atoms with Gasteiger partial charge in [0.1, 0.15) is 10.7 Å². The van der Waals surface area contributed by atoms with E-state index >= 15 is 0 Å². The molecular formula is C11H13ClFN3O2S. The maximum Gasteiger partial charge on any atom is 0.266 e. The van der Waals surface area contributed by atoms with Gasteiger partial charge in [0.2, 0.25) is 5.96 Å². The fourth-order valence-corrected chi connectivity index (χ4v) is 2.85. The Morgan fingerprint density at radius 2 is 1.95 bits per heavy atom. The van der Waals surface area contributed by atoms with Crippen molar-refractivity contribution < 1.29 is 12.8 Å². The van der Waals surface area contributed by atoms with Gasteiger partial charge in [0, 0.05) is 0 Å². The van der Waals surface area contributed by atoms with E-state index in [2.05, 4.69) is 15.0 Å². The topological polar surface area (TPSA) is 70.6 Å². The summed E-state index contributed by atoms with van der Waals surface area (Å²) in [6.07, 6.45) is 0. The molecule has 1 aromatic rings. The molecule has 1 heterocycles. The predicted octanol–water partition coefficient (Wildman–Crippen LogP) is 2.34. The molecule has 19 heavy (non-hydrogen) atoms. The quantitative estimate of drug-likeness (QED) is 0.773. The first kappa shape index (κ1) is 14.1. The molecule has 1 aliphatic rings. The monoisotopic (exact) mass is 305 g/mol. The average molecular weight is 306 g/mol. The second-order valence-corrected chi connectivity index (χ2v) is 7.18. The van der Waals surface area contributed by atoms with E-state index in [1.807, 2.05) is 20.8 Å². The summed E-state index contributed by atoms with van der Waals surface area (Å²) in [5.41, 5.74) is -0.264. The lowest BCUT2D eigenvalue weighted by Crippen LogP contribution is -2.42. The van der Waals surface area contributed by atoms with Crippen LogP contribution in [0.5, 0.6) is 0 Å². The first-order valence-electron chi connectivity index (χ1n) is 5.47. The van der Waals surface area contributed by atoms with Gasteiger partial charge in [0.15, 0.2) is 0 Å². The molecule has 104 valence electrons. The summed E-state index contributed by atoms with van der Waals surface area (Å²) < 4.78 is 39.6. The zero-order valence-electron chi connectivity index (χ0n) is 10.6. The lowest BCUT2D eigenvalue weighted by Gasteiger charge is -2.24. The number of nitrogens with one attached hydrogen (secondary N) is 2. The summed E-state index contributed by atoms with van der Waals surface area (Å²) in [7, 11) is -3.84. The molecule has 0 spiro atoms. The molecule has 0 aromatic heterocycles. The number of rotatable bonds is 0. The third kappa shape index (κ3) is 2.98. The molecule has 0 fully saturated rings. The van der Waals surface area contributed by atoms with Gasteiger partial charge in [0.05, 0.1) is 16.2 Å². The smallest absolute Gasteiger partial charge is 0.266 e. The molecule has 0 unspecified atom stereocenters. The Bertz CT molecular complexity index is 665. The number of sulfonamides is 1. The zero-order chi connectivity index (χ0) is 14.4. The van der Waals surface area contributed by atoms with Crippen LogP contribution in [-0.4, -0.2) is 19.9 Å². The molecule has 8 heteroatoms. The number of hydrogen-bond donors (Lipinski definition) is 2. The van der Waals surface area contributed by atoms with Crippen molar-refractivity contribution in [3.05, 3.63) is 23.0 Å². The second kappa shape index (κ2) is 4.35. The van der Waals surface area contributed by atoms with Gasteiger partial charge < -0.3 is 5.32 Å². The highest BCUT2D eigenvalue weighted by Crippen LogP contribution is 2.30. The average Bonchev–Trinajstić information content (AvgIpc) is 2.18. The van der Waals surface area contributed by atoms with Crippen LogP contribution in [0.25, 0.3) is 0 Å². The summed E-state index contributed by atoms with van der Waals surface area (Å²) in [5.74, 6) is -0.702. The molecule has 0 radical (unpaired) electrons. The molecule has 0 atom stereocenters. The number of anilines is 1. The Morgan fingerprint density at radius 1 is 1.32 bits per heavy atom. The van der Waals surface area contributed by atoms with E-state index in [1.165, 1.54) is 6.07 Å². The van der Waals surface area contributed by atoms with Gasteiger partial charge >= 0.3 is 0 Å². The van der Waals surface area contributed by atoms with Crippen molar-refractivity contribution in [3.8, 4) is 0 Å². The molecule has 2 N–H and O–H groups in total. The first-order chi connectivity index (χ1) is 8.58. The van der Waals surface area contributed by atoms with Gasteiger partial charge in [-0.15, -0.1) is 0 Å². The normalized spacial score (nSPS) is 19.5. The third-order valence-electron chi connectivity index (χ3n) is 2.24. The van der Waals surface area contributed by atoms with Gasteiger partial charge in [-0.3, -0.25) is 0 Å². The van der Waals surface area contributed by atoms with Gasteiger partial charge in [0.25, 0.3) is 10.0 Å². The lowest BCUT2D eigenvalue weighted by atomic mass is 10.1. The second-order valence-electron chi connectivity index (χ2n) is 5.12. The number of guanidine groups is 1. The Hall–Kier alpha value is -1.34. The van der Waals surface area contributed by atoms with E-state index in [1.54, 1.807) is 0 Å². The minimum atomic E-state index is -3.84. The van der Waals surface area contributed by atoms with Crippen LogP contribution >= 0.6 is 11.6 Å². The molecule has 1 aliphatic heterocycles. The number of halogens is 2. The molecule has 5 nitrogen and oxygen atoms in total. The van der Waals surface area contributed by atoms with E-state index in [0.717, 1.165) is 6.07 Å². The van der Waals surface area contributed by atoms with Crippen LogP contribution in [-0.2, 0) is 10.0 Å². The Morgan fingerprint density at radius 3 is 2.53 bits per heavy atom. The van der Waals surface area contributed by atoms with Crippen LogP contribution in [0.2, 0.25) is 5.02 Å². The molecule has 0 amide bonds. The molecule has 1 aromatic carbocycles. The van der Waals surface area contributed by atoms with E-state index < -0.39 is 21.4 Å². The zero-order valence-corrected chi connectivity index (χ0v) is 12.2. The summed E-state index contributed by atoms with van der Waals surface area (Å²) in [6.45, 7) is 5.47. The van der Waals surface area contributed by atoms with Crippen LogP contribution in [0.1, 0.15) is 20.8 Å². The van der Waals surface area contributed by atoms with Crippen molar-refractivity contribution in [1.29, 1.82) is 0 Å². The number of fused-ring (bicyclic) bond motifs is 1. The van der Waals surface area contributed by atoms with E-state index in [9.17, 15) is 12.8 Å². The van der Waals surface area contributed by atoms with E-state index in [4.69, 9.17) is 11.6 Å². The number of aliphatic imine (C=N–C) groups is 1. The van der Waals surface area contributed by atoms with Crippen molar-refractivity contribution in [2.75, 3.05) is 5.32 Å². The van der Waals surface area contributed by atoms with Gasteiger partial charge in [-0.1, -0.05) is 11.6 Å². The fourth-order valence-electron chi connectivity index (χ4n) is 1.57. The molecular weight excluding hydrogens is 293 g/mol. The van der Waals surface area contributed by atoms with Gasteiger partial charge in [-0.2, -0.15) is 0 Å². The summed E-state index contributed by atoms with van der Waals surface area (Å²) in [5, 5.41) is 2.63. The third-order valence-corrected chi connectivity index (χ3v) is 3.91. The maximum absolute atomic E-state index is 13.3. The van der Waals surface area contributed by atoms with Gasteiger partial charge in [-0.05, 0) is 32.9 Å². The molecule has 0 bridgehead atoms. The standard InChI is InChI=1S/C11H13ClFN3O2S/c1-11(2,3)15-10-14-8-4-6(12)7(13)5-9(8)19(17,18)16-10/h4-5H,1-3H3,(H2,14,15,16). The summed E-state index contributed by atoms with van der Waals surface area (Å²) in [4.78, 5) is 4.00. The van der Waals surface area contributed by atoms with Crippen LogP contribution in [0.3, 0.4) is 0 Å². The molecule has 0 saturated carbocycles. The van der Waals surface area contributed by atoms with Crippen molar-refractivity contribution in [3.63, 3.8) is 0 Å². The Kier molecular flexibility index (Phi) is 3.22. The van der Waals surface area contributed by atoms with Crippen molar-refractivity contribution >= 4 is 33.3 Å². The number of benzene rings is 1. The highest BCUT2D eigenvalue weighted by atomic mass is 35.5. The van der Waals surface area contributed by atoms with Crippen LogP contribution in [0, 0.1) is 5.82 Å².